The Morgan fingerprint density at radius 1 is 1.26 bits per heavy atom. The van der Waals surface area contributed by atoms with E-state index in [4.69, 9.17) is 9.47 Å². The van der Waals surface area contributed by atoms with Crippen LogP contribution in [0.25, 0.3) is 6.08 Å². The van der Waals surface area contributed by atoms with E-state index in [2.05, 4.69) is 19.2 Å². The van der Waals surface area contributed by atoms with E-state index < -0.39 is 0 Å². The Balaban J connectivity index is 1.79. The van der Waals surface area contributed by atoms with Crippen LogP contribution in [0, 0.1) is 0 Å². The Labute approximate surface area is 188 Å². The molecule has 0 bridgehead atoms. The number of esters is 1. The molecule has 0 saturated heterocycles. The lowest BCUT2D eigenvalue weighted by atomic mass is 9.86. The lowest BCUT2D eigenvalue weighted by molar-refractivity contribution is -0.111. The predicted octanol–water partition coefficient (Wildman–Crippen LogP) is 6.20. The fourth-order valence-electron chi connectivity index (χ4n) is 3.80. The van der Waals surface area contributed by atoms with Crippen LogP contribution in [0.4, 0.5) is 5.00 Å². The highest BCUT2D eigenvalue weighted by Gasteiger charge is 2.30. The number of carbonyl (C=O) groups excluding carboxylic acids is 2. The van der Waals surface area contributed by atoms with Crippen molar-refractivity contribution in [2.75, 3.05) is 18.5 Å². The number of nitrogens with one attached hydrogen (secondary N) is 1. The van der Waals surface area contributed by atoms with Crippen molar-refractivity contribution in [3.63, 3.8) is 0 Å². The molecule has 6 heteroatoms. The molecule has 5 nitrogen and oxygen atoms in total. The summed E-state index contributed by atoms with van der Waals surface area (Å²) in [5.74, 6) is 0.406. The number of benzene rings is 1. The van der Waals surface area contributed by atoms with Crippen molar-refractivity contribution in [1.29, 1.82) is 0 Å². The van der Waals surface area contributed by atoms with Gasteiger partial charge in [0.15, 0.2) is 0 Å². The van der Waals surface area contributed by atoms with Crippen molar-refractivity contribution in [2.45, 2.75) is 58.8 Å². The van der Waals surface area contributed by atoms with Gasteiger partial charge in [0.2, 0.25) is 5.91 Å². The highest BCUT2D eigenvalue weighted by molar-refractivity contribution is 7.17. The van der Waals surface area contributed by atoms with Gasteiger partial charge in [-0.25, -0.2) is 4.79 Å². The molecule has 1 heterocycles. The van der Waals surface area contributed by atoms with Crippen molar-refractivity contribution in [1.82, 2.24) is 0 Å². The van der Waals surface area contributed by atoms with Gasteiger partial charge in [-0.3, -0.25) is 4.79 Å². The standard InChI is InChI=1S/C25H31NO4S/c1-4-6-16-30-19-12-8-7-11-18(19)14-15-21(27)26-24-23(25(28)29-5-2)22-17(3)10-9-13-20(22)31-24/h7-8,11-12,14-15,17H,4-6,9-10,13,16H2,1-3H3,(H,26,27). The third-order valence-corrected chi connectivity index (χ3v) is 6.54. The number of hydrogen-bond acceptors (Lipinski definition) is 5. The first-order chi connectivity index (χ1) is 15.0. The first kappa shape index (κ1) is 23.1. The average Bonchev–Trinajstić information content (AvgIpc) is 3.12. The van der Waals surface area contributed by atoms with Crippen LogP contribution in [0.15, 0.2) is 30.3 Å². The maximum Gasteiger partial charge on any atom is 0.341 e. The summed E-state index contributed by atoms with van der Waals surface area (Å²) in [5.41, 5.74) is 2.42. The van der Waals surface area contributed by atoms with Crippen LogP contribution < -0.4 is 10.1 Å². The Hall–Kier alpha value is -2.60. The molecule has 166 valence electrons. The number of para-hydroxylation sites is 1. The predicted molar refractivity (Wildman–Crippen MR) is 126 cm³/mol. The molecule has 1 aliphatic carbocycles. The monoisotopic (exact) mass is 441 g/mol. The minimum absolute atomic E-state index is 0.278. The van der Waals surface area contributed by atoms with E-state index in [0.717, 1.165) is 49.0 Å². The molecular weight excluding hydrogens is 410 g/mol. The van der Waals surface area contributed by atoms with Crippen molar-refractivity contribution in [3.05, 3.63) is 51.9 Å². The van der Waals surface area contributed by atoms with E-state index in [1.54, 1.807) is 13.0 Å². The minimum Gasteiger partial charge on any atom is -0.493 e. The molecule has 1 aromatic heterocycles. The summed E-state index contributed by atoms with van der Waals surface area (Å²) in [6.07, 6.45) is 8.35. The Kier molecular flexibility index (Phi) is 8.29. The SMILES string of the molecule is CCCCOc1ccccc1C=CC(=O)Nc1sc2c(c1C(=O)OCC)C(C)CCC2. The Bertz CT molecular complexity index is 947. The summed E-state index contributed by atoms with van der Waals surface area (Å²) >= 11 is 1.50. The molecule has 1 aliphatic rings. The van der Waals surface area contributed by atoms with Crippen molar-refractivity contribution in [2.24, 2.45) is 0 Å². The number of anilines is 1. The average molecular weight is 442 g/mol. The van der Waals surface area contributed by atoms with Gasteiger partial charge in [0.05, 0.1) is 18.8 Å². The van der Waals surface area contributed by atoms with Gasteiger partial charge in [-0.15, -0.1) is 11.3 Å². The lowest BCUT2D eigenvalue weighted by Gasteiger charge is -2.19. The number of aryl methyl sites for hydroxylation is 1. The van der Waals surface area contributed by atoms with Gasteiger partial charge in [0, 0.05) is 16.5 Å². The molecule has 2 aromatic rings. The molecule has 0 radical (unpaired) electrons. The third kappa shape index (κ3) is 5.76. The lowest BCUT2D eigenvalue weighted by Crippen LogP contribution is -2.15. The van der Waals surface area contributed by atoms with Gasteiger partial charge in [0.25, 0.3) is 0 Å². The summed E-state index contributed by atoms with van der Waals surface area (Å²) in [7, 11) is 0. The number of hydrogen-bond donors (Lipinski definition) is 1. The minimum atomic E-state index is -0.359. The van der Waals surface area contributed by atoms with Crippen LogP contribution >= 0.6 is 11.3 Å². The molecule has 0 saturated carbocycles. The number of fused-ring (bicyclic) bond motifs is 1. The van der Waals surface area contributed by atoms with Crippen LogP contribution in [0.1, 0.15) is 78.7 Å². The number of rotatable bonds is 9. The number of carbonyl (C=O) groups is 2. The van der Waals surface area contributed by atoms with Gasteiger partial charge < -0.3 is 14.8 Å². The maximum atomic E-state index is 12.7. The molecule has 31 heavy (non-hydrogen) atoms. The van der Waals surface area contributed by atoms with E-state index in [1.165, 1.54) is 22.3 Å². The quantitative estimate of drug-likeness (QED) is 0.286. The summed E-state index contributed by atoms with van der Waals surface area (Å²) in [4.78, 5) is 26.6. The Morgan fingerprint density at radius 2 is 2.06 bits per heavy atom. The summed E-state index contributed by atoms with van der Waals surface area (Å²) in [6, 6.07) is 7.65. The first-order valence-electron chi connectivity index (χ1n) is 11.1. The summed E-state index contributed by atoms with van der Waals surface area (Å²) in [6.45, 7) is 7.00. The first-order valence-corrected chi connectivity index (χ1v) is 11.9. The maximum absolute atomic E-state index is 12.7. The summed E-state index contributed by atoms with van der Waals surface area (Å²) in [5, 5.41) is 3.50. The second kappa shape index (κ2) is 11.1. The second-order valence-electron chi connectivity index (χ2n) is 7.72. The normalized spacial score (nSPS) is 15.5. The highest BCUT2D eigenvalue weighted by atomic mass is 32.1. The van der Waals surface area contributed by atoms with Crippen molar-refractivity contribution in [3.8, 4) is 5.75 Å². The highest BCUT2D eigenvalue weighted by Crippen LogP contribution is 2.43. The van der Waals surface area contributed by atoms with Crippen LogP contribution in [0.5, 0.6) is 5.75 Å². The van der Waals surface area contributed by atoms with Crippen LogP contribution in [-0.4, -0.2) is 25.1 Å². The van der Waals surface area contributed by atoms with Crippen LogP contribution in [-0.2, 0) is 16.0 Å². The number of ether oxygens (including phenoxy) is 2. The van der Waals surface area contributed by atoms with Gasteiger partial charge in [-0.05, 0) is 56.2 Å². The molecule has 0 spiro atoms. The van der Waals surface area contributed by atoms with E-state index in [0.29, 0.717) is 23.8 Å². The zero-order valence-corrected chi connectivity index (χ0v) is 19.3. The van der Waals surface area contributed by atoms with Crippen molar-refractivity contribution >= 4 is 34.3 Å². The zero-order valence-electron chi connectivity index (χ0n) is 18.5. The third-order valence-electron chi connectivity index (χ3n) is 5.36. The molecule has 1 aromatic carbocycles. The number of amides is 1. The van der Waals surface area contributed by atoms with Gasteiger partial charge in [-0.2, -0.15) is 0 Å². The Morgan fingerprint density at radius 3 is 2.84 bits per heavy atom. The molecule has 1 atom stereocenters. The van der Waals surface area contributed by atoms with Gasteiger partial charge in [-0.1, -0.05) is 38.5 Å². The molecule has 3 rings (SSSR count). The molecule has 1 N–H and O–H groups in total. The molecular formula is C25H31NO4S. The number of unbranched alkanes of at least 4 members (excludes halogenated alkanes) is 1. The largest absolute Gasteiger partial charge is 0.493 e. The van der Waals surface area contributed by atoms with E-state index >= 15 is 0 Å². The summed E-state index contributed by atoms with van der Waals surface area (Å²) < 4.78 is 11.1. The van der Waals surface area contributed by atoms with Gasteiger partial charge >= 0.3 is 5.97 Å². The van der Waals surface area contributed by atoms with E-state index in [9.17, 15) is 9.59 Å². The van der Waals surface area contributed by atoms with Crippen molar-refractivity contribution < 1.29 is 19.1 Å². The van der Waals surface area contributed by atoms with E-state index in [-0.39, 0.29) is 17.8 Å². The molecule has 1 unspecified atom stereocenters. The van der Waals surface area contributed by atoms with Crippen LogP contribution in [0.2, 0.25) is 0 Å². The fraction of sp³-hybridized carbons (Fsp3) is 0.440. The van der Waals surface area contributed by atoms with Crippen LogP contribution in [0.3, 0.4) is 0 Å². The smallest absolute Gasteiger partial charge is 0.341 e. The molecule has 1 amide bonds. The topological polar surface area (TPSA) is 64.6 Å². The second-order valence-corrected chi connectivity index (χ2v) is 8.82. The van der Waals surface area contributed by atoms with E-state index in [1.807, 2.05) is 24.3 Å². The number of thiophene rings is 1. The molecule has 0 fully saturated rings. The van der Waals surface area contributed by atoms with Gasteiger partial charge in [0.1, 0.15) is 10.8 Å². The fourth-order valence-corrected chi connectivity index (χ4v) is 5.15. The zero-order chi connectivity index (χ0) is 22.2. The molecule has 0 aliphatic heterocycles.